The first-order chi connectivity index (χ1) is 16.0. The van der Waals surface area contributed by atoms with Crippen molar-refractivity contribution >= 4 is 51.1 Å². The van der Waals surface area contributed by atoms with Gasteiger partial charge in [0.1, 0.15) is 16.4 Å². The number of carbonyl (C=O) groups is 2. The number of thiophene rings is 1. The van der Waals surface area contributed by atoms with Crippen molar-refractivity contribution in [1.29, 1.82) is 0 Å². The quantitative estimate of drug-likeness (QED) is 0.162. The molecule has 0 aliphatic carbocycles. The molecule has 0 saturated heterocycles. The number of esters is 1. The molecule has 0 spiro atoms. The Bertz CT molecular complexity index is 1330. The third kappa shape index (κ3) is 5.77. The second kappa shape index (κ2) is 10.3. The monoisotopic (exact) mass is 478 g/mol. The van der Waals surface area contributed by atoms with Crippen LogP contribution in [0.5, 0.6) is 11.5 Å². The number of nitrogens with zero attached hydrogens (tertiary/aromatic N) is 1. The van der Waals surface area contributed by atoms with Crippen LogP contribution in [-0.2, 0) is 4.79 Å². The summed E-state index contributed by atoms with van der Waals surface area (Å²) >= 11 is 7.64. The van der Waals surface area contributed by atoms with Crippen LogP contribution in [0.15, 0.2) is 77.9 Å². The van der Waals surface area contributed by atoms with Gasteiger partial charge < -0.3 is 9.47 Å². The van der Waals surface area contributed by atoms with Crippen LogP contribution in [0.3, 0.4) is 0 Å². The van der Waals surface area contributed by atoms with Gasteiger partial charge in [-0.15, -0.1) is 11.3 Å². The van der Waals surface area contributed by atoms with Crippen LogP contribution < -0.4 is 14.9 Å². The van der Waals surface area contributed by atoms with E-state index in [1.165, 1.54) is 17.6 Å². The number of nitrogens with one attached hydrogen (secondary N) is 1. The van der Waals surface area contributed by atoms with Crippen LogP contribution >= 0.6 is 22.9 Å². The normalized spacial score (nSPS) is 11.0. The Balaban J connectivity index is 1.33. The molecule has 1 amide bonds. The van der Waals surface area contributed by atoms with E-state index in [1.54, 1.807) is 36.4 Å². The standard InChI is InChI=1S/C25H19ClN2O4S/c1-16-9-11-18(12-10-16)31-15-22(29)28-27-14-17-5-4-6-19(13-17)32-25(30)24-23(26)20-7-2-3-8-21(20)33-24/h2-14H,15H2,1H3,(H,28,29)/b27-14-. The minimum atomic E-state index is -0.531. The van der Waals surface area contributed by atoms with Crippen molar-refractivity contribution in [2.75, 3.05) is 6.61 Å². The van der Waals surface area contributed by atoms with Crippen LogP contribution in [0.2, 0.25) is 5.02 Å². The lowest BCUT2D eigenvalue weighted by atomic mass is 10.2. The summed E-state index contributed by atoms with van der Waals surface area (Å²) in [5.41, 5.74) is 4.15. The summed E-state index contributed by atoms with van der Waals surface area (Å²) in [5.74, 6) is 0.0187. The number of fused-ring (bicyclic) bond motifs is 1. The molecule has 4 aromatic rings. The number of hydrogen-bond acceptors (Lipinski definition) is 6. The molecule has 33 heavy (non-hydrogen) atoms. The van der Waals surface area contributed by atoms with E-state index in [-0.39, 0.29) is 6.61 Å². The van der Waals surface area contributed by atoms with Crippen molar-refractivity contribution in [2.45, 2.75) is 6.92 Å². The molecule has 1 heterocycles. The van der Waals surface area contributed by atoms with Gasteiger partial charge in [0.25, 0.3) is 5.91 Å². The molecule has 4 rings (SSSR count). The molecule has 3 aromatic carbocycles. The van der Waals surface area contributed by atoms with E-state index in [1.807, 2.05) is 43.3 Å². The number of hydrogen-bond donors (Lipinski definition) is 1. The maximum Gasteiger partial charge on any atom is 0.355 e. The number of benzene rings is 3. The molecule has 0 saturated carbocycles. The van der Waals surface area contributed by atoms with Gasteiger partial charge >= 0.3 is 5.97 Å². The maximum absolute atomic E-state index is 12.6. The summed E-state index contributed by atoms with van der Waals surface area (Å²) in [7, 11) is 0. The number of carbonyl (C=O) groups excluding carboxylic acids is 2. The Morgan fingerprint density at radius 3 is 2.61 bits per heavy atom. The van der Waals surface area contributed by atoms with Crippen LogP contribution in [0.25, 0.3) is 10.1 Å². The van der Waals surface area contributed by atoms with Gasteiger partial charge in [-0.3, -0.25) is 4.79 Å². The maximum atomic E-state index is 12.6. The average Bonchev–Trinajstić information content (AvgIpc) is 3.16. The number of amides is 1. The van der Waals surface area contributed by atoms with Gasteiger partial charge in [0, 0.05) is 10.1 Å². The topological polar surface area (TPSA) is 77.0 Å². The fourth-order valence-electron chi connectivity index (χ4n) is 2.95. The summed E-state index contributed by atoms with van der Waals surface area (Å²) < 4.78 is 11.8. The molecule has 0 fully saturated rings. The smallest absolute Gasteiger partial charge is 0.355 e. The minimum absolute atomic E-state index is 0.159. The fraction of sp³-hybridized carbons (Fsp3) is 0.0800. The van der Waals surface area contributed by atoms with Gasteiger partial charge in [0.2, 0.25) is 0 Å². The van der Waals surface area contributed by atoms with Gasteiger partial charge in [0.05, 0.1) is 11.2 Å². The number of ether oxygens (including phenoxy) is 2. The lowest BCUT2D eigenvalue weighted by Crippen LogP contribution is -2.24. The Hall–Kier alpha value is -3.68. The van der Waals surface area contributed by atoms with Gasteiger partial charge in [0.15, 0.2) is 6.61 Å². The molecule has 166 valence electrons. The van der Waals surface area contributed by atoms with E-state index in [0.717, 1.165) is 15.6 Å². The van der Waals surface area contributed by atoms with E-state index < -0.39 is 11.9 Å². The van der Waals surface area contributed by atoms with E-state index >= 15 is 0 Å². The summed E-state index contributed by atoms with van der Waals surface area (Å²) in [6.45, 7) is 1.81. The van der Waals surface area contributed by atoms with Crippen molar-refractivity contribution in [2.24, 2.45) is 5.10 Å². The molecular formula is C25H19ClN2O4S. The largest absolute Gasteiger partial charge is 0.484 e. The number of aryl methyl sites for hydroxylation is 1. The van der Waals surface area contributed by atoms with Crippen molar-refractivity contribution < 1.29 is 19.1 Å². The molecule has 0 bridgehead atoms. The van der Waals surface area contributed by atoms with Crippen molar-refractivity contribution in [1.82, 2.24) is 5.43 Å². The van der Waals surface area contributed by atoms with E-state index in [9.17, 15) is 9.59 Å². The Kier molecular flexibility index (Phi) is 7.02. The van der Waals surface area contributed by atoms with E-state index in [0.29, 0.717) is 27.0 Å². The van der Waals surface area contributed by atoms with Gasteiger partial charge in [-0.05, 0) is 42.8 Å². The Morgan fingerprint density at radius 2 is 1.82 bits per heavy atom. The second-order valence-corrected chi connectivity index (χ2v) is 8.53. The summed E-state index contributed by atoms with van der Waals surface area (Å²) in [6, 6.07) is 21.7. The predicted octanol–water partition coefficient (Wildman–Crippen LogP) is 5.61. The van der Waals surface area contributed by atoms with Crippen LogP contribution in [0.1, 0.15) is 20.8 Å². The fourth-order valence-corrected chi connectivity index (χ4v) is 4.34. The Morgan fingerprint density at radius 1 is 1.03 bits per heavy atom. The third-order valence-corrected chi connectivity index (χ3v) is 6.24. The highest BCUT2D eigenvalue weighted by Crippen LogP contribution is 2.35. The highest BCUT2D eigenvalue weighted by molar-refractivity contribution is 7.21. The van der Waals surface area contributed by atoms with Crippen molar-refractivity contribution in [3.8, 4) is 11.5 Å². The lowest BCUT2D eigenvalue weighted by molar-refractivity contribution is -0.123. The molecule has 0 unspecified atom stereocenters. The molecule has 1 N–H and O–H groups in total. The SMILES string of the molecule is Cc1ccc(OCC(=O)N/N=C\c2cccc(OC(=O)c3sc4ccccc4c3Cl)c2)cc1. The molecule has 1 aromatic heterocycles. The van der Waals surface area contributed by atoms with Crippen molar-refractivity contribution in [3.05, 3.63) is 93.8 Å². The molecule has 0 atom stereocenters. The molecular weight excluding hydrogens is 460 g/mol. The zero-order valence-electron chi connectivity index (χ0n) is 17.6. The summed E-state index contributed by atoms with van der Waals surface area (Å²) in [6.07, 6.45) is 1.45. The zero-order valence-corrected chi connectivity index (χ0v) is 19.2. The first kappa shape index (κ1) is 22.5. The molecule has 8 heteroatoms. The van der Waals surface area contributed by atoms with E-state index in [2.05, 4.69) is 10.5 Å². The first-order valence-electron chi connectivity index (χ1n) is 10.0. The number of rotatable bonds is 7. The van der Waals surface area contributed by atoms with Crippen LogP contribution in [0.4, 0.5) is 0 Å². The average molecular weight is 479 g/mol. The van der Waals surface area contributed by atoms with Gasteiger partial charge in [-0.25, -0.2) is 10.2 Å². The lowest BCUT2D eigenvalue weighted by Gasteiger charge is -2.05. The molecule has 6 nitrogen and oxygen atoms in total. The number of hydrazone groups is 1. The summed E-state index contributed by atoms with van der Waals surface area (Å²) in [4.78, 5) is 24.9. The van der Waals surface area contributed by atoms with E-state index in [4.69, 9.17) is 21.1 Å². The highest BCUT2D eigenvalue weighted by Gasteiger charge is 2.19. The highest BCUT2D eigenvalue weighted by atomic mass is 35.5. The first-order valence-corrected chi connectivity index (χ1v) is 11.2. The van der Waals surface area contributed by atoms with Crippen LogP contribution in [0, 0.1) is 6.92 Å². The van der Waals surface area contributed by atoms with Gasteiger partial charge in [-0.2, -0.15) is 5.10 Å². The second-order valence-electron chi connectivity index (χ2n) is 7.10. The molecule has 0 aliphatic heterocycles. The predicted molar refractivity (Wildman–Crippen MR) is 131 cm³/mol. The van der Waals surface area contributed by atoms with Crippen molar-refractivity contribution in [3.63, 3.8) is 0 Å². The third-order valence-electron chi connectivity index (χ3n) is 4.58. The van der Waals surface area contributed by atoms with Gasteiger partial charge in [-0.1, -0.05) is 59.6 Å². The number of halogens is 1. The zero-order chi connectivity index (χ0) is 23.2. The Labute approximate surface area is 199 Å². The minimum Gasteiger partial charge on any atom is -0.484 e. The molecule has 0 radical (unpaired) electrons. The summed E-state index contributed by atoms with van der Waals surface area (Å²) in [5, 5.41) is 5.13. The molecule has 0 aliphatic rings. The van der Waals surface area contributed by atoms with Crippen LogP contribution in [-0.4, -0.2) is 24.7 Å².